The van der Waals surface area contributed by atoms with Gasteiger partial charge in [0.25, 0.3) is 5.91 Å². The van der Waals surface area contributed by atoms with Crippen molar-refractivity contribution in [3.63, 3.8) is 0 Å². The summed E-state index contributed by atoms with van der Waals surface area (Å²) < 4.78 is 10.5. The van der Waals surface area contributed by atoms with E-state index >= 15 is 0 Å². The number of carbonyl (C=O) groups excluding carboxylic acids is 3. The van der Waals surface area contributed by atoms with Gasteiger partial charge in [0.15, 0.2) is 0 Å². The number of carbonyl (C=O) groups is 3. The Morgan fingerprint density at radius 2 is 1.79 bits per heavy atom. The van der Waals surface area contributed by atoms with E-state index in [2.05, 4.69) is 0 Å². The molecule has 0 bridgehead atoms. The summed E-state index contributed by atoms with van der Waals surface area (Å²) in [6.07, 6.45) is 1.45. The van der Waals surface area contributed by atoms with Crippen LogP contribution in [0.2, 0.25) is 0 Å². The van der Waals surface area contributed by atoms with E-state index in [1.807, 2.05) is 48.5 Å². The van der Waals surface area contributed by atoms with Gasteiger partial charge in [0.05, 0.1) is 31.1 Å². The Morgan fingerprint density at radius 1 is 1.06 bits per heavy atom. The molecule has 0 aromatic heterocycles. The standard InChI is InChI=1S/C27H32N2O5/c1-3-34-27(32)20-12-9-15-28(18-20)26(31)23-21-13-7-8-14-22(21)25(30)29(16-17-33-2)24(23)19-10-5-4-6-11-19/h4-8,10-11,13-14,20,23-24H,3,9,12,15-18H2,1-2H3. The average molecular weight is 465 g/mol. The molecule has 1 fully saturated rings. The third-order valence-electron chi connectivity index (χ3n) is 6.74. The van der Waals surface area contributed by atoms with Gasteiger partial charge >= 0.3 is 5.97 Å². The third kappa shape index (κ3) is 4.71. The molecule has 2 aliphatic heterocycles. The lowest BCUT2D eigenvalue weighted by atomic mass is 9.78. The highest BCUT2D eigenvalue weighted by atomic mass is 16.5. The maximum atomic E-state index is 14.2. The van der Waals surface area contributed by atoms with Crippen molar-refractivity contribution in [2.45, 2.75) is 31.7 Å². The maximum Gasteiger partial charge on any atom is 0.310 e. The number of amides is 2. The fourth-order valence-electron chi connectivity index (χ4n) is 5.14. The molecule has 34 heavy (non-hydrogen) atoms. The van der Waals surface area contributed by atoms with Gasteiger partial charge in [0.2, 0.25) is 5.91 Å². The van der Waals surface area contributed by atoms with Gasteiger partial charge in [-0.1, -0.05) is 48.5 Å². The molecule has 0 N–H and O–H groups in total. The first-order chi connectivity index (χ1) is 16.6. The number of methoxy groups -OCH3 is 1. The Balaban J connectivity index is 1.75. The molecule has 1 saturated heterocycles. The third-order valence-corrected chi connectivity index (χ3v) is 6.74. The Bertz CT molecular complexity index is 1020. The summed E-state index contributed by atoms with van der Waals surface area (Å²) in [5.41, 5.74) is 2.18. The zero-order chi connectivity index (χ0) is 24.1. The monoisotopic (exact) mass is 464 g/mol. The molecule has 2 aliphatic rings. The van der Waals surface area contributed by atoms with Gasteiger partial charge in [0.1, 0.15) is 0 Å². The van der Waals surface area contributed by atoms with Crippen LogP contribution in [0.4, 0.5) is 0 Å². The number of esters is 1. The molecule has 3 atom stereocenters. The van der Waals surface area contributed by atoms with Crippen molar-refractivity contribution in [1.82, 2.24) is 9.80 Å². The topological polar surface area (TPSA) is 76.2 Å². The normalized spacial score (nSPS) is 22.3. The lowest BCUT2D eigenvalue weighted by Crippen LogP contribution is -2.51. The number of benzene rings is 2. The minimum Gasteiger partial charge on any atom is -0.466 e. The molecule has 180 valence electrons. The second kappa shape index (κ2) is 10.8. The minimum absolute atomic E-state index is 0.0646. The summed E-state index contributed by atoms with van der Waals surface area (Å²) in [6, 6.07) is 16.6. The van der Waals surface area contributed by atoms with Crippen molar-refractivity contribution in [3.8, 4) is 0 Å². The van der Waals surface area contributed by atoms with E-state index in [0.29, 0.717) is 44.8 Å². The average Bonchev–Trinajstić information content (AvgIpc) is 2.88. The molecule has 7 nitrogen and oxygen atoms in total. The van der Waals surface area contributed by atoms with Gasteiger partial charge < -0.3 is 19.3 Å². The Labute approximate surface area is 200 Å². The van der Waals surface area contributed by atoms with Gasteiger partial charge in [-0.25, -0.2) is 0 Å². The summed E-state index contributed by atoms with van der Waals surface area (Å²) in [4.78, 5) is 43.7. The van der Waals surface area contributed by atoms with E-state index < -0.39 is 12.0 Å². The van der Waals surface area contributed by atoms with Crippen LogP contribution >= 0.6 is 0 Å². The number of rotatable bonds is 7. The highest BCUT2D eigenvalue weighted by molar-refractivity contribution is 6.01. The Morgan fingerprint density at radius 3 is 2.53 bits per heavy atom. The molecule has 7 heteroatoms. The van der Waals surface area contributed by atoms with Crippen LogP contribution in [0, 0.1) is 5.92 Å². The van der Waals surface area contributed by atoms with E-state index in [-0.39, 0.29) is 23.7 Å². The van der Waals surface area contributed by atoms with Crippen LogP contribution in [0.5, 0.6) is 0 Å². The number of hydrogen-bond donors (Lipinski definition) is 0. The van der Waals surface area contributed by atoms with Crippen LogP contribution < -0.4 is 0 Å². The number of nitrogens with zero attached hydrogens (tertiary/aromatic N) is 2. The number of hydrogen-bond acceptors (Lipinski definition) is 5. The van der Waals surface area contributed by atoms with Crippen molar-refractivity contribution in [2.24, 2.45) is 5.92 Å². The molecular formula is C27H32N2O5. The number of ether oxygens (including phenoxy) is 2. The van der Waals surface area contributed by atoms with Gasteiger partial charge in [-0.05, 0) is 37.0 Å². The first-order valence-electron chi connectivity index (χ1n) is 12.0. The summed E-state index contributed by atoms with van der Waals surface area (Å²) in [6.45, 7) is 3.78. The molecule has 2 heterocycles. The highest BCUT2D eigenvalue weighted by Crippen LogP contribution is 2.44. The van der Waals surface area contributed by atoms with E-state index in [1.54, 1.807) is 29.9 Å². The van der Waals surface area contributed by atoms with Crippen molar-refractivity contribution in [3.05, 3.63) is 71.3 Å². The van der Waals surface area contributed by atoms with Crippen molar-refractivity contribution >= 4 is 17.8 Å². The van der Waals surface area contributed by atoms with E-state index in [0.717, 1.165) is 17.5 Å². The van der Waals surface area contributed by atoms with Gasteiger partial charge in [-0.15, -0.1) is 0 Å². The first-order valence-corrected chi connectivity index (χ1v) is 12.0. The predicted octanol–water partition coefficient (Wildman–Crippen LogP) is 3.42. The lowest BCUT2D eigenvalue weighted by molar-refractivity contribution is -0.151. The van der Waals surface area contributed by atoms with Crippen LogP contribution in [0.3, 0.4) is 0 Å². The van der Waals surface area contributed by atoms with Gasteiger partial charge in [0, 0.05) is 32.3 Å². The Kier molecular flexibility index (Phi) is 7.63. The van der Waals surface area contributed by atoms with Crippen LogP contribution in [-0.4, -0.2) is 67.5 Å². The van der Waals surface area contributed by atoms with E-state index in [1.165, 1.54) is 0 Å². The second-order valence-electron chi connectivity index (χ2n) is 8.79. The summed E-state index contributed by atoms with van der Waals surface area (Å²) in [7, 11) is 1.60. The summed E-state index contributed by atoms with van der Waals surface area (Å²) in [5.74, 6) is -1.31. The molecule has 0 radical (unpaired) electrons. The quantitative estimate of drug-likeness (QED) is 0.587. The molecule has 4 rings (SSSR count). The zero-order valence-electron chi connectivity index (χ0n) is 19.8. The molecule has 0 spiro atoms. The lowest BCUT2D eigenvalue weighted by Gasteiger charge is -2.44. The summed E-state index contributed by atoms with van der Waals surface area (Å²) in [5, 5.41) is 0. The molecule has 0 saturated carbocycles. The van der Waals surface area contributed by atoms with Crippen molar-refractivity contribution in [2.75, 3.05) is 40.0 Å². The SMILES string of the molecule is CCOC(=O)C1CCCN(C(=O)C2c3ccccc3C(=O)N(CCOC)C2c2ccccc2)C1. The maximum absolute atomic E-state index is 14.2. The molecule has 2 aromatic rings. The van der Waals surface area contributed by atoms with Crippen LogP contribution in [0.15, 0.2) is 54.6 Å². The van der Waals surface area contributed by atoms with E-state index in [4.69, 9.17) is 9.47 Å². The predicted molar refractivity (Wildman–Crippen MR) is 127 cm³/mol. The number of likely N-dealkylation sites (tertiary alicyclic amines) is 1. The number of fused-ring (bicyclic) bond motifs is 1. The number of piperidine rings is 1. The van der Waals surface area contributed by atoms with Crippen LogP contribution in [0.1, 0.15) is 53.2 Å². The summed E-state index contributed by atoms with van der Waals surface area (Å²) >= 11 is 0. The van der Waals surface area contributed by atoms with Gasteiger partial charge in [-0.2, -0.15) is 0 Å². The fraction of sp³-hybridized carbons (Fsp3) is 0.444. The molecule has 2 amide bonds. The van der Waals surface area contributed by atoms with Gasteiger partial charge in [-0.3, -0.25) is 14.4 Å². The van der Waals surface area contributed by atoms with Crippen molar-refractivity contribution in [1.29, 1.82) is 0 Å². The molecule has 3 unspecified atom stereocenters. The van der Waals surface area contributed by atoms with Crippen molar-refractivity contribution < 1.29 is 23.9 Å². The smallest absolute Gasteiger partial charge is 0.310 e. The first kappa shape index (κ1) is 24.0. The zero-order valence-corrected chi connectivity index (χ0v) is 19.8. The Hall–Kier alpha value is -3.19. The molecule has 2 aromatic carbocycles. The minimum atomic E-state index is -0.575. The second-order valence-corrected chi connectivity index (χ2v) is 8.79. The molecular weight excluding hydrogens is 432 g/mol. The molecule has 0 aliphatic carbocycles. The van der Waals surface area contributed by atoms with Crippen LogP contribution in [-0.2, 0) is 19.1 Å². The van der Waals surface area contributed by atoms with E-state index in [9.17, 15) is 14.4 Å². The largest absolute Gasteiger partial charge is 0.466 e. The van der Waals surface area contributed by atoms with Crippen LogP contribution in [0.25, 0.3) is 0 Å². The fourth-order valence-corrected chi connectivity index (χ4v) is 5.14. The highest BCUT2D eigenvalue weighted by Gasteiger charge is 2.46.